The Kier molecular flexibility index (Phi) is 4.75. The van der Waals surface area contributed by atoms with E-state index in [4.69, 9.17) is 9.73 Å². The SMILES string of the molecule is C=CC(C)CCCCC1=Nc2ccc3c(c2=CC1)=COc1ccccc1-3. The van der Waals surface area contributed by atoms with Crippen molar-refractivity contribution in [3.8, 4) is 16.9 Å². The fourth-order valence-corrected chi connectivity index (χ4v) is 3.72. The zero-order chi connectivity index (χ0) is 17.9. The highest BCUT2D eigenvalue weighted by molar-refractivity contribution is 5.93. The summed E-state index contributed by atoms with van der Waals surface area (Å²) in [5.41, 5.74) is 4.76. The minimum atomic E-state index is 0.612. The zero-order valence-corrected chi connectivity index (χ0v) is 15.4. The van der Waals surface area contributed by atoms with Crippen molar-refractivity contribution in [3.63, 3.8) is 0 Å². The first kappa shape index (κ1) is 16.8. The molecule has 2 heterocycles. The highest BCUT2D eigenvalue weighted by atomic mass is 16.5. The summed E-state index contributed by atoms with van der Waals surface area (Å²) in [6.07, 6.45) is 11.9. The molecule has 1 atom stereocenters. The van der Waals surface area contributed by atoms with Crippen LogP contribution in [0.1, 0.15) is 39.0 Å². The van der Waals surface area contributed by atoms with E-state index in [2.05, 4.69) is 43.8 Å². The number of nitrogens with zero attached hydrogens (tertiary/aromatic N) is 1. The Morgan fingerprint density at radius 3 is 2.88 bits per heavy atom. The van der Waals surface area contributed by atoms with Crippen molar-refractivity contribution in [3.05, 3.63) is 59.5 Å². The van der Waals surface area contributed by atoms with Crippen LogP contribution in [-0.4, -0.2) is 5.71 Å². The number of allylic oxidation sites excluding steroid dienone is 1. The van der Waals surface area contributed by atoms with Gasteiger partial charge in [0.1, 0.15) is 5.75 Å². The third-order valence-electron chi connectivity index (χ3n) is 5.34. The molecule has 0 radical (unpaired) electrons. The molecule has 4 rings (SSSR count). The molecule has 2 nitrogen and oxygen atoms in total. The predicted molar refractivity (Wildman–Crippen MR) is 110 cm³/mol. The molecule has 2 heteroatoms. The van der Waals surface area contributed by atoms with Crippen LogP contribution in [0.25, 0.3) is 23.5 Å². The van der Waals surface area contributed by atoms with Crippen molar-refractivity contribution < 1.29 is 4.74 Å². The first-order valence-electron chi connectivity index (χ1n) is 9.54. The molecule has 2 aliphatic heterocycles. The Bertz CT molecular complexity index is 984. The molecule has 1 unspecified atom stereocenters. The van der Waals surface area contributed by atoms with E-state index in [0.717, 1.165) is 35.1 Å². The second-order valence-electron chi connectivity index (χ2n) is 7.24. The Balaban J connectivity index is 1.55. The third kappa shape index (κ3) is 3.24. The maximum absolute atomic E-state index is 5.85. The van der Waals surface area contributed by atoms with Crippen LogP contribution in [0.3, 0.4) is 0 Å². The van der Waals surface area contributed by atoms with Gasteiger partial charge in [0.05, 0.1) is 11.9 Å². The highest BCUT2D eigenvalue weighted by Gasteiger charge is 2.15. The molecular weight excluding hydrogens is 318 g/mol. The quantitative estimate of drug-likeness (QED) is 0.527. The van der Waals surface area contributed by atoms with E-state index >= 15 is 0 Å². The lowest BCUT2D eigenvalue weighted by atomic mass is 9.96. The molecular formula is C24H25NO. The van der Waals surface area contributed by atoms with Gasteiger partial charge >= 0.3 is 0 Å². The minimum absolute atomic E-state index is 0.612. The summed E-state index contributed by atoms with van der Waals surface area (Å²) in [6, 6.07) is 12.5. The van der Waals surface area contributed by atoms with Crippen LogP contribution in [0, 0.1) is 5.92 Å². The van der Waals surface area contributed by atoms with E-state index < -0.39 is 0 Å². The van der Waals surface area contributed by atoms with Crippen molar-refractivity contribution >= 4 is 23.7 Å². The summed E-state index contributed by atoms with van der Waals surface area (Å²) >= 11 is 0. The Labute approximate surface area is 155 Å². The molecule has 0 N–H and O–H groups in total. The van der Waals surface area contributed by atoms with Crippen LogP contribution < -0.4 is 15.2 Å². The van der Waals surface area contributed by atoms with Crippen LogP contribution in [0.4, 0.5) is 5.69 Å². The molecule has 0 spiro atoms. The summed E-state index contributed by atoms with van der Waals surface area (Å²) in [5.74, 6) is 1.54. The maximum Gasteiger partial charge on any atom is 0.134 e. The fourth-order valence-electron chi connectivity index (χ4n) is 3.72. The van der Waals surface area contributed by atoms with E-state index in [1.54, 1.807) is 0 Å². The van der Waals surface area contributed by atoms with Crippen LogP contribution in [0.2, 0.25) is 0 Å². The summed E-state index contributed by atoms with van der Waals surface area (Å²) in [5, 5.41) is 2.37. The van der Waals surface area contributed by atoms with E-state index in [-0.39, 0.29) is 0 Å². The number of rotatable bonds is 6. The van der Waals surface area contributed by atoms with Gasteiger partial charge in [-0.25, -0.2) is 0 Å². The number of hydrogen-bond donors (Lipinski definition) is 0. The topological polar surface area (TPSA) is 21.6 Å². The van der Waals surface area contributed by atoms with Crippen LogP contribution >= 0.6 is 0 Å². The number of aliphatic imine (C=N–C) groups is 1. The summed E-state index contributed by atoms with van der Waals surface area (Å²) in [4.78, 5) is 4.94. The maximum atomic E-state index is 5.85. The number of benzene rings is 2. The monoisotopic (exact) mass is 343 g/mol. The first-order valence-corrected chi connectivity index (χ1v) is 9.54. The Hall–Kier alpha value is -2.61. The molecule has 2 aromatic rings. The van der Waals surface area contributed by atoms with Crippen molar-refractivity contribution in [2.75, 3.05) is 0 Å². The molecule has 2 aromatic carbocycles. The van der Waals surface area contributed by atoms with Gasteiger partial charge in [-0.05, 0) is 42.9 Å². The lowest BCUT2D eigenvalue weighted by molar-refractivity contribution is 0.537. The van der Waals surface area contributed by atoms with Gasteiger partial charge in [0, 0.05) is 28.1 Å². The number of ether oxygens (including phenoxy) is 1. The summed E-state index contributed by atoms with van der Waals surface area (Å²) in [7, 11) is 0. The summed E-state index contributed by atoms with van der Waals surface area (Å²) in [6.45, 7) is 6.09. The Morgan fingerprint density at radius 1 is 1.12 bits per heavy atom. The fraction of sp³-hybridized carbons (Fsp3) is 0.292. The average Bonchev–Trinajstić information content (AvgIpc) is 2.70. The van der Waals surface area contributed by atoms with Gasteiger partial charge in [-0.1, -0.05) is 49.8 Å². The second kappa shape index (κ2) is 7.33. The molecule has 0 saturated carbocycles. The van der Waals surface area contributed by atoms with Crippen molar-refractivity contribution in [1.29, 1.82) is 0 Å². The molecule has 132 valence electrons. The minimum Gasteiger partial charge on any atom is -0.464 e. The van der Waals surface area contributed by atoms with E-state index in [0.29, 0.717) is 5.92 Å². The lowest BCUT2D eigenvalue weighted by Crippen LogP contribution is -2.31. The number of unbranched alkanes of at least 4 members (excludes halogenated alkanes) is 1. The molecule has 0 saturated heterocycles. The molecule has 0 amide bonds. The molecule has 26 heavy (non-hydrogen) atoms. The number of hydrogen-bond acceptors (Lipinski definition) is 2. The standard InChI is InChI=1S/C24H25NO/c1-3-17(2)8-4-5-9-18-12-13-20-22-16-26-24-11-7-6-10-21(24)19(22)14-15-23(20)25-18/h3,6-7,10-11,13-17H,1,4-5,8-9,12H2,2H3. The van der Waals surface area contributed by atoms with E-state index in [9.17, 15) is 0 Å². The molecule has 0 aromatic heterocycles. The highest BCUT2D eigenvalue weighted by Crippen LogP contribution is 2.30. The van der Waals surface area contributed by atoms with Gasteiger partial charge in [0.2, 0.25) is 0 Å². The third-order valence-corrected chi connectivity index (χ3v) is 5.34. The first-order chi connectivity index (χ1) is 12.8. The smallest absolute Gasteiger partial charge is 0.134 e. The van der Waals surface area contributed by atoms with Crippen LogP contribution in [0.15, 0.2) is 54.0 Å². The predicted octanol–water partition coefficient (Wildman–Crippen LogP) is 5.12. The van der Waals surface area contributed by atoms with Crippen LogP contribution in [-0.2, 0) is 0 Å². The van der Waals surface area contributed by atoms with E-state index in [1.807, 2.05) is 24.5 Å². The van der Waals surface area contributed by atoms with Crippen molar-refractivity contribution in [2.24, 2.45) is 10.9 Å². The average molecular weight is 343 g/mol. The van der Waals surface area contributed by atoms with Crippen molar-refractivity contribution in [2.45, 2.75) is 39.0 Å². The van der Waals surface area contributed by atoms with Crippen LogP contribution in [0.5, 0.6) is 5.75 Å². The van der Waals surface area contributed by atoms with Gasteiger partial charge < -0.3 is 4.74 Å². The Morgan fingerprint density at radius 2 is 2.00 bits per heavy atom. The molecule has 2 aliphatic rings. The number of para-hydroxylation sites is 1. The zero-order valence-electron chi connectivity index (χ0n) is 15.4. The van der Waals surface area contributed by atoms with E-state index in [1.165, 1.54) is 35.8 Å². The lowest BCUT2D eigenvalue weighted by Gasteiger charge is -2.17. The van der Waals surface area contributed by atoms with Gasteiger partial charge in [0.15, 0.2) is 0 Å². The largest absolute Gasteiger partial charge is 0.464 e. The van der Waals surface area contributed by atoms with Gasteiger partial charge in [-0.2, -0.15) is 0 Å². The summed E-state index contributed by atoms with van der Waals surface area (Å²) < 4.78 is 5.85. The second-order valence-corrected chi connectivity index (χ2v) is 7.24. The van der Waals surface area contributed by atoms with Crippen molar-refractivity contribution in [1.82, 2.24) is 0 Å². The molecule has 0 bridgehead atoms. The van der Waals surface area contributed by atoms with Gasteiger partial charge in [-0.3, -0.25) is 4.99 Å². The molecule has 0 fully saturated rings. The van der Waals surface area contributed by atoms with Gasteiger partial charge in [-0.15, -0.1) is 6.58 Å². The molecule has 0 aliphatic carbocycles. The number of fused-ring (bicyclic) bond motifs is 5. The normalized spacial score (nSPS) is 15.2. The van der Waals surface area contributed by atoms with Gasteiger partial charge in [0.25, 0.3) is 0 Å².